The van der Waals surface area contributed by atoms with E-state index in [1.807, 2.05) is 11.4 Å². The summed E-state index contributed by atoms with van der Waals surface area (Å²) >= 11 is 1.54. The normalized spacial score (nSPS) is 11.1. The third-order valence-electron chi connectivity index (χ3n) is 1.86. The minimum Gasteiger partial charge on any atom is -0.477 e. The zero-order chi connectivity index (χ0) is 10.8. The Morgan fingerprint density at radius 2 is 2.27 bits per heavy atom. The average molecular weight is 223 g/mol. The van der Waals surface area contributed by atoms with E-state index >= 15 is 0 Å². The molecule has 0 saturated carbocycles. The van der Waals surface area contributed by atoms with Crippen molar-refractivity contribution in [2.75, 3.05) is 12.3 Å². The third kappa shape index (κ3) is 2.18. The van der Waals surface area contributed by atoms with Gasteiger partial charge in [-0.3, -0.25) is 0 Å². The zero-order valence-electron chi connectivity index (χ0n) is 8.73. The van der Waals surface area contributed by atoms with Gasteiger partial charge in [0, 0.05) is 0 Å². The lowest BCUT2D eigenvalue weighted by atomic mass is 10.2. The standard InChI is InChI=1S/C10H13N3OS/c1-6(2)5-14-8-7-3-4-15-9(7)13-10(11)12-8/h3-4,6H,5H2,1-2H3,(H2,11,12,13). The van der Waals surface area contributed by atoms with Crippen molar-refractivity contribution in [2.45, 2.75) is 13.8 Å². The van der Waals surface area contributed by atoms with Crippen LogP contribution in [0.5, 0.6) is 5.88 Å². The number of nitrogens with zero attached hydrogens (tertiary/aromatic N) is 2. The van der Waals surface area contributed by atoms with Crippen LogP contribution in [0.15, 0.2) is 11.4 Å². The molecule has 5 heteroatoms. The molecular formula is C10H13N3OS. The van der Waals surface area contributed by atoms with Gasteiger partial charge in [-0.2, -0.15) is 4.98 Å². The van der Waals surface area contributed by atoms with Gasteiger partial charge in [0.1, 0.15) is 4.83 Å². The van der Waals surface area contributed by atoms with E-state index in [4.69, 9.17) is 10.5 Å². The maximum atomic E-state index is 5.60. The zero-order valence-corrected chi connectivity index (χ0v) is 9.54. The minimum atomic E-state index is 0.267. The van der Waals surface area contributed by atoms with Crippen LogP contribution in [0, 0.1) is 5.92 Å². The third-order valence-corrected chi connectivity index (χ3v) is 2.67. The van der Waals surface area contributed by atoms with Gasteiger partial charge in [-0.25, -0.2) is 4.98 Å². The summed E-state index contributed by atoms with van der Waals surface area (Å²) in [5, 5.41) is 2.90. The fraction of sp³-hybridized carbons (Fsp3) is 0.400. The van der Waals surface area contributed by atoms with Crippen LogP contribution in [0.2, 0.25) is 0 Å². The van der Waals surface area contributed by atoms with Gasteiger partial charge < -0.3 is 10.5 Å². The van der Waals surface area contributed by atoms with E-state index in [0.29, 0.717) is 18.4 Å². The van der Waals surface area contributed by atoms with Gasteiger partial charge in [-0.05, 0) is 17.4 Å². The topological polar surface area (TPSA) is 61.0 Å². The summed E-state index contributed by atoms with van der Waals surface area (Å²) < 4.78 is 5.60. The van der Waals surface area contributed by atoms with Crippen LogP contribution in [-0.4, -0.2) is 16.6 Å². The lowest BCUT2D eigenvalue weighted by Gasteiger charge is -2.08. The number of nitrogen functional groups attached to an aromatic ring is 1. The van der Waals surface area contributed by atoms with Crippen molar-refractivity contribution in [1.29, 1.82) is 0 Å². The van der Waals surface area contributed by atoms with Gasteiger partial charge in [0.25, 0.3) is 0 Å². The van der Waals surface area contributed by atoms with E-state index in [-0.39, 0.29) is 5.95 Å². The van der Waals surface area contributed by atoms with Gasteiger partial charge in [0.2, 0.25) is 11.8 Å². The molecule has 0 fully saturated rings. The van der Waals surface area contributed by atoms with Gasteiger partial charge in [0.15, 0.2) is 0 Å². The van der Waals surface area contributed by atoms with E-state index in [1.165, 1.54) is 11.3 Å². The molecule has 2 rings (SSSR count). The van der Waals surface area contributed by atoms with Gasteiger partial charge >= 0.3 is 0 Å². The monoisotopic (exact) mass is 223 g/mol. The van der Waals surface area contributed by atoms with E-state index in [0.717, 1.165) is 10.2 Å². The number of anilines is 1. The van der Waals surface area contributed by atoms with Gasteiger partial charge in [-0.1, -0.05) is 13.8 Å². The molecule has 2 aromatic rings. The summed E-state index contributed by atoms with van der Waals surface area (Å²) in [5.41, 5.74) is 5.59. The fourth-order valence-electron chi connectivity index (χ4n) is 1.20. The molecule has 0 aliphatic rings. The number of fused-ring (bicyclic) bond motifs is 1. The Morgan fingerprint density at radius 3 is 3.00 bits per heavy atom. The SMILES string of the molecule is CC(C)COc1nc(N)nc2sccc12. The van der Waals surface area contributed by atoms with Gasteiger partial charge in [0.05, 0.1) is 12.0 Å². The van der Waals surface area contributed by atoms with Crippen molar-refractivity contribution in [2.24, 2.45) is 5.92 Å². The second kappa shape index (κ2) is 4.02. The summed E-state index contributed by atoms with van der Waals surface area (Å²) in [6.45, 7) is 4.83. The lowest BCUT2D eigenvalue weighted by Crippen LogP contribution is -2.07. The predicted octanol–water partition coefficient (Wildman–Crippen LogP) is 2.31. The van der Waals surface area contributed by atoms with Crippen molar-refractivity contribution in [3.8, 4) is 5.88 Å². The lowest BCUT2D eigenvalue weighted by molar-refractivity contribution is 0.265. The number of hydrogen-bond acceptors (Lipinski definition) is 5. The minimum absolute atomic E-state index is 0.267. The van der Waals surface area contributed by atoms with E-state index in [2.05, 4.69) is 23.8 Å². The second-order valence-electron chi connectivity index (χ2n) is 3.73. The summed E-state index contributed by atoms with van der Waals surface area (Å²) in [6, 6.07) is 1.95. The predicted molar refractivity (Wildman–Crippen MR) is 62.2 cm³/mol. The van der Waals surface area contributed by atoms with Crippen LogP contribution in [-0.2, 0) is 0 Å². The number of hydrogen-bond donors (Lipinski definition) is 1. The van der Waals surface area contributed by atoms with Gasteiger partial charge in [-0.15, -0.1) is 11.3 Å². The molecule has 15 heavy (non-hydrogen) atoms. The highest BCUT2D eigenvalue weighted by molar-refractivity contribution is 7.16. The highest BCUT2D eigenvalue weighted by atomic mass is 32.1. The molecule has 0 spiro atoms. The molecule has 2 N–H and O–H groups in total. The Hall–Kier alpha value is -1.36. The van der Waals surface area contributed by atoms with Crippen molar-refractivity contribution in [3.05, 3.63) is 11.4 Å². The molecular weight excluding hydrogens is 210 g/mol. The fourth-order valence-corrected chi connectivity index (χ4v) is 1.96. The highest BCUT2D eigenvalue weighted by Gasteiger charge is 2.08. The van der Waals surface area contributed by atoms with Crippen LogP contribution in [0.25, 0.3) is 10.2 Å². The quantitative estimate of drug-likeness (QED) is 0.867. The van der Waals surface area contributed by atoms with E-state index in [1.54, 1.807) is 0 Å². The summed E-state index contributed by atoms with van der Waals surface area (Å²) in [5.74, 6) is 1.33. The molecule has 0 aliphatic heterocycles. The number of thiophene rings is 1. The van der Waals surface area contributed by atoms with Crippen LogP contribution in [0.4, 0.5) is 5.95 Å². The molecule has 0 unspecified atom stereocenters. The number of aromatic nitrogens is 2. The average Bonchev–Trinajstić information content (AvgIpc) is 2.61. The van der Waals surface area contributed by atoms with E-state index < -0.39 is 0 Å². The van der Waals surface area contributed by atoms with Crippen LogP contribution < -0.4 is 10.5 Å². The first kappa shape index (κ1) is 10.2. The summed E-state index contributed by atoms with van der Waals surface area (Å²) in [6.07, 6.45) is 0. The molecule has 0 bridgehead atoms. The maximum Gasteiger partial charge on any atom is 0.227 e. The molecule has 2 aromatic heterocycles. The Kier molecular flexibility index (Phi) is 2.73. The Balaban J connectivity index is 2.35. The molecule has 2 heterocycles. The number of nitrogens with two attached hydrogens (primary N) is 1. The van der Waals surface area contributed by atoms with Crippen molar-refractivity contribution < 1.29 is 4.74 Å². The first-order chi connectivity index (χ1) is 7.16. The van der Waals surface area contributed by atoms with Crippen molar-refractivity contribution >= 4 is 27.5 Å². The molecule has 0 aliphatic carbocycles. The molecule has 4 nitrogen and oxygen atoms in total. The summed E-state index contributed by atoms with van der Waals surface area (Å²) in [7, 11) is 0. The van der Waals surface area contributed by atoms with Crippen LogP contribution >= 0.6 is 11.3 Å². The van der Waals surface area contributed by atoms with E-state index in [9.17, 15) is 0 Å². The second-order valence-corrected chi connectivity index (χ2v) is 4.63. The number of ether oxygens (including phenoxy) is 1. The first-order valence-corrected chi connectivity index (χ1v) is 5.68. The highest BCUT2D eigenvalue weighted by Crippen LogP contribution is 2.27. The van der Waals surface area contributed by atoms with Crippen LogP contribution in [0.3, 0.4) is 0 Å². The molecule has 0 radical (unpaired) electrons. The molecule has 80 valence electrons. The smallest absolute Gasteiger partial charge is 0.227 e. The Morgan fingerprint density at radius 1 is 1.47 bits per heavy atom. The molecule has 0 saturated heterocycles. The molecule has 0 amide bonds. The van der Waals surface area contributed by atoms with Crippen molar-refractivity contribution in [3.63, 3.8) is 0 Å². The Labute approximate surface area is 92.1 Å². The van der Waals surface area contributed by atoms with Crippen molar-refractivity contribution in [1.82, 2.24) is 9.97 Å². The molecule has 0 aromatic carbocycles. The van der Waals surface area contributed by atoms with Crippen LogP contribution in [0.1, 0.15) is 13.8 Å². The Bertz CT molecular complexity index is 467. The summed E-state index contributed by atoms with van der Waals surface area (Å²) in [4.78, 5) is 9.10. The first-order valence-electron chi connectivity index (χ1n) is 4.80. The largest absolute Gasteiger partial charge is 0.477 e. The molecule has 0 atom stereocenters. The number of rotatable bonds is 3. The maximum absolute atomic E-state index is 5.60.